The largest absolute Gasteiger partial charge is 0.313 e. The van der Waals surface area contributed by atoms with Crippen LogP contribution in [-0.2, 0) is 13.0 Å². The maximum absolute atomic E-state index is 4.42. The van der Waals surface area contributed by atoms with E-state index in [0.29, 0.717) is 5.41 Å². The van der Waals surface area contributed by atoms with E-state index in [2.05, 4.69) is 22.3 Å². The van der Waals surface area contributed by atoms with Gasteiger partial charge in [0.25, 0.3) is 0 Å². The Balaban J connectivity index is 1.63. The molecule has 2 aliphatic rings. The SMILES string of the molecule is CCn1ncnc1CC1(CNC2CC2)CCC1. The topological polar surface area (TPSA) is 42.7 Å². The van der Waals surface area contributed by atoms with Crippen LogP contribution in [-0.4, -0.2) is 27.4 Å². The van der Waals surface area contributed by atoms with Crippen molar-refractivity contribution in [1.29, 1.82) is 0 Å². The number of hydrogen-bond acceptors (Lipinski definition) is 3. The third kappa shape index (κ3) is 2.37. The van der Waals surface area contributed by atoms with Crippen LogP contribution in [0.5, 0.6) is 0 Å². The molecule has 2 aliphatic carbocycles. The van der Waals surface area contributed by atoms with Crippen LogP contribution in [0.25, 0.3) is 0 Å². The summed E-state index contributed by atoms with van der Waals surface area (Å²) in [5.74, 6) is 1.17. The average Bonchev–Trinajstić information content (AvgIpc) is 3.01. The van der Waals surface area contributed by atoms with Gasteiger partial charge in [-0.05, 0) is 38.0 Å². The van der Waals surface area contributed by atoms with Crippen molar-refractivity contribution < 1.29 is 0 Å². The molecule has 1 aromatic heterocycles. The van der Waals surface area contributed by atoms with Gasteiger partial charge in [0.15, 0.2) is 0 Å². The van der Waals surface area contributed by atoms with Gasteiger partial charge in [-0.25, -0.2) is 4.98 Å². The summed E-state index contributed by atoms with van der Waals surface area (Å²) < 4.78 is 2.04. The number of aromatic nitrogens is 3. The van der Waals surface area contributed by atoms with E-state index in [0.717, 1.165) is 19.0 Å². The smallest absolute Gasteiger partial charge is 0.138 e. The van der Waals surface area contributed by atoms with Crippen molar-refractivity contribution in [3.63, 3.8) is 0 Å². The van der Waals surface area contributed by atoms with E-state index in [-0.39, 0.29) is 0 Å². The van der Waals surface area contributed by atoms with E-state index < -0.39 is 0 Å². The van der Waals surface area contributed by atoms with Gasteiger partial charge in [-0.1, -0.05) is 6.42 Å². The summed E-state index contributed by atoms with van der Waals surface area (Å²) in [6, 6.07) is 0.816. The summed E-state index contributed by atoms with van der Waals surface area (Å²) in [6.07, 6.45) is 9.63. The minimum absolute atomic E-state index is 0.475. The van der Waals surface area contributed by atoms with E-state index in [9.17, 15) is 0 Å². The summed E-state index contributed by atoms with van der Waals surface area (Å²) in [7, 11) is 0. The highest BCUT2D eigenvalue weighted by Gasteiger charge is 2.39. The molecule has 3 rings (SSSR count). The molecule has 1 N–H and O–H groups in total. The fourth-order valence-electron chi connectivity index (χ4n) is 2.77. The standard InChI is InChI=1S/C13H22N4/c1-2-17-12(15-10-16-17)8-13(6-3-7-13)9-14-11-4-5-11/h10-11,14H,2-9H2,1H3. The Kier molecular flexibility index (Phi) is 2.90. The van der Waals surface area contributed by atoms with Crippen LogP contribution in [0, 0.1) is 5.41 Å². The lowest BCUT2D eigenvalue weighted by Gasteiger charge is -2.42. The molecule has 0 atom stereocenters. The van der Waals surface area contributed by atoms with Crippen molar-refractivity contribution in [2.75, 3.05) is 6.54 Å². The Labute approximate surface area is 103 Å². The molecule has 1 aromatic rings. The molecule has 0 saturated heterocycles. The Morgan fingerprint density at radius 3 is 2.88 bits per heavy atom. The second kappa shape index (κ2) is 4.41. The Morgan fingerprint density at radius 2 is 2.29 bits per heavy atom. The molecule has 94 valence electrons. The van der Waals surface area contributed by atoms with Gasteiger partial charge in [-0.2, -0.15) is 5.10 Å². The first-order valence-corrected chi connectivity index (χ1v) is 6.91. The zero-order valence-electron chi connectivity index (χ0n) is 10.7. The molecular formula is C13H22N4. The monoisotopic (exact) mass is 234 g/mol. The lowest BCUT2D eigenvalue weighted by atomic mass is 9.66. The molecule has 0 aliphatic heterocycles. The maximum Gasteiger partial charge on any atom is 0.138 e. The highest BCUT2D eigenvalue weighted by molar-refractivity contribution is 5.00. The van der Waals surface area contributed by atoms with Crippen molar-refractivity contribution in [1.82, 2.24) is 20.1 Å². The summed E-state index contributed by atoms with van der Waals surface area (Å²) in [5, 5.41) is 7.96. The minimum Gasteiger partial charge on any atom is -0.313 e. The van der Waals surface area contributed by atoms with Gasteiger partial charge in [0.05, 0.1) is 0 Å². The van der Waals surface area contributed by atoms with Gasteiger partial charge in [0, 0.05) is 25.6 Å². The summed E-state index contributed by atoms with van der Waals surface area (Å²) in [6.45, 7) is 4.24. The molecule has 0 radical (unpaired) electrons. The Bertz CT molecular complexity index is 377. The van der Waals surface area contributed by atoms with Crippen molar-refractivity contribution in [3.05, 3.63) is 12.2 Å². The highest BCUT2D eigenvalue weighted by atomic mass is 15.3. The van der Waals surface area contributed by atoms with E-state index in [1.165, 1.54) is 44.5 Å². The minimum atomic E-state index is 0.475. The van der Waals surface area contributed by atoms with Crippen LogP contribution < -0.4 is 5.32 Å². The van der Waals surface area contributed by atoms with Crippen molar-refractivity contribution in [2.24, 2.45) is 5.41 Å². The van der Waals surface area contributed by atoms with Crippen molar-refractivity contribution in [2.45, 2.75) is 58.0 Å². The molecule has 17 heavy (non-hydrogen) atoms. The zero-order chi connectivity index (χ0) is 11.7. The van der Waals surface area contributed by atoms with Crippen LogP contribution in [0.15, 0.2) is 6.33 Å². The van der Waals surface area contributed by atoms with Gasteiger partial charge in [0.1, 0.15) is 12.2 Å². The van der Waals surface area contributed by atoms with Crippen molar-refractivity contribution >= 4 is 0 Å². The van der Waals surface area contributed by atoms with E-state index in [1.807, 2.05) is 4.68 Å². The number of nitrogens with zero attached hydrogens (tertiary/aromatic N) is 3. The summed E-state index contributed by atoms with van der Waals surface area (Å²) in [5.41, 5.74) is 0.475. The first-order valence-electron chi connectivity index (χ1n) is 6.91. The highest BCUT2D eigenvalue weighted by Crippen LogP contribution is 2.43. The molecule has 2 fully saturated rings. The van der Waals surface area contributed by atoms with E-state index in [4.69, 9.17) is 0 Å². The molecule has 0 amide bonds. The van der Waals surface area contributed by atoms with Gasteiger partial charge in [-0.3, -0.25) is 4.68 Å². The molecule has 0 unspecified atom stereocenters. The number of aryl methyl sites for hydroxylation is 1. The van der Waals surface area contributed by atoms with Gasteiger partial charge >= 0.3 is 0 Å². The second-order valence-electron chi connectivity index (χ2n) is 5.68. The zero-order valence-corrected chi connectivity index (χ0v) is 10.7. The normalized spacial score (nSPS) is 22.4. The number of nitrogens with one attached hydrogen (secondary N) is 1. The second-order valence-corrected chi connectivity index (χ2v) is 5.68. The first-order chi connectivity index (χ1) is 8.31. The Morgan fingerprint density at radius 1 is 1.47 bits per heavy atom. The molecule has 4 nitrogen and oxygen atoms in total. The predicted molar refractivity (Wildman–Crippen MR) is 66.7 cm³/mol. The first kappa shape index (κ1) is 11.2. The maximum atomic E-state index is 4.42. The lowest BCUT2D eigenvalue weighted by molar-refractivity contribution is 0.124. The molecule has 0 bridgehead atoms. The third-order valence-corrected chi connectivity index (χ3v) is 4.29. The predicted octanol–water partition coefficient (Wildman–Crippen LogP) is 1.76. The van der Waals surface area contributed by atoms with Gasteiger partial charge < -0.3 is 5.32 Å². The van der Waals surface area contributed by atoms with Crippen molar-refractivity contribution in [3.8, 4) is 0 Å². The van der Waals surface area contributed by atoms with Gasteiger partial charge in [-0.15, -0.1) is 0 Å². The molecule has 0 aromatic carbocycles. The third-order valence-electron chi connectivity index (χ3n) is 4.29. The van der Waals surface area contributed by atoms with Crippen LogP contribution in [0.3, 0.4) is 0 Å². The summed E-state index contributed by atoms with van der Waals surface area (Å²) in [4.78, 5) is 4.42. The fraction of sp³-hybridized carbons (Fsp3) is 0.846. The molecule has 2 saturated carbocycles. The van der Waals surface area contributed by atoms with E-state index in [1.54, 1.807) is 6.33 Å². The van der Waals surface area contributed by atoms with E-state index >= 15 is 0 Å². The quantitative estimate of drug-likeness (QED) is 0.815. The van der Waals surface area contributed by atoms with Crippen LogP contribution in [0.2, 0.25) is 0 Å². The lowest BCUT2D eigenvalue weighted by Crippen LogP contribution is -2.43. The van der Waals surface area contributed by atoms with Crippen LogP contribution in [0.4, 0.5) is 0 Å². The average molecular weight is 234 g/mol. The molecular weight excluding hydrogens is 212 g/mol. The summed E-state index contributed by atoms with van der Waals surface area (Å²) >= 11 is 0. The Hall–Kier alpha value is -0.900. The van der Waals surface area contributed by atoms with Crippen LogP contribution in [0.1, 0.15) is 44.9 Å². The van der Waals surface area contributed by atoms with Crippen LogP contribution >= 0.6 is 0 Å². The number of hydrogen-bond donors (Lipinski definition) is 1. The number of rotatable bonds is 6. The molecule has 0 spiro atoms. The fourth-order valence-corrected chi connectivity index (χ4v) is 2.77. The van der Waals surface area contributed by atoms with Gasteiger partial charge in [0.2, 0.25) is 0 Å². The molecule has 4 heteroatoms. The molecule has 1 heterocycles.